The van der Waals surface area contributed by atoms with Crippen molar-refractivity contribution in [2.75, 3.05) is 25.4 Å². The summed E-state index contributed by atoms with van der Waals surface area (Å²) in [5.74, 6) is 0.248. The van der Waals surface area contributed by atoms with E-state index < -0.39 is 5.97 Å². The van der Waals surface area contributed by atoms with Gasteiger partial charge < -0.3 is 10.0 Å². The van der Waals surface area contributed by atoms with Crippen LogP contribution in [-0.4, -0.2) is 41.4 Å². The minimum Gasteiger partial charge on any atom is -0.481 e. The number of carbonyl (C=O) groups is 1. The number of carboxylic acid groups (broad SMARTS) is 1. The maximum absolute atomic E-state index is 11.2. The number of thioether (sulfide) groups is 1. The molecule has 2 aromatic carbocycles. The monoisotopic (exact) mass is 369 g/mol. The third-order valence-corrected chi connectivity index (χ3v) is 6.36. The summed E-state index contributed by atoms with van der Waals surface area (Å²) in [7, 11) is 0. The Bertz CT molecular complexity index is 638. The van der Waals surface area contributed by atoms with Crippen LogP contribution in [0.15, 0.2) is 60.7 Å². The second kappa shape index (κ2) is 9.79. The molecule has 3 rings (SSSR count). The Morgan fingerprint density at radius 3 is 2.27 bits per heavy atom. The maximum Gasteiger partial charge on any atom is 0.307 e. The van der Waals surface area contributed by atoms with Gasteiger partial charge in [0.05, 0.1) is 11.2 Å². The SMILES string of the molecule is O=C(O)[C@@H]1CCCN(CCCSC(c2ccccc2)c2ccccc2)C1. The highest BCUT2D eigenvalue weighted by Gasteiger charge is 2.25. The fourth-order valence-electron chi connectivity index (χ4n) is 3.59. The molecule has 2 aromatic rings. The molecule has 1 fully saturated rings. The van der Waals surface area contributed by atoms with Crippen LogP contribution in [0, 0.1) is 5.92 Å². The lowest BCUT2D eigenvalue weighted by Gasteiger charge is -2.30. The fourth-order valence-corrected chi connectivity index (χ4v) is 4.82. The van der Waals surface area contributed by atoms with Gasteiger partial charge in [-0.2, -0.15) is 0 Å². The Kier molecular flexibility index (Phi) is 7.15. The number of benzene rings is 2. The van der Waals surface area contributed by atoms with Crippen molar-refractivity contribution in [1.29, 1.82) is 0 Å². The van der Waals surface area contributed by atoms with Crippen LogP contribution in [0.25, 0.3) is 0 Å². The van der Waals surface area contributed by atoms with Gasteiger partial charge in [-0.15, -0.1) is 11.8 Å². The number of likely N-dealkylation sites (tertiary alicyclic amines) is 1. The summed E-state index contributed by atoms with van der Waals surface area (Å²) >= 11 is 1.98. The predicted molar refractivity (Wildman–Crippen MR) is 109 cm³/mol. The molecule has 3 nitrogen and oxygen atoms in total. The molecule has 0 saturated carbocycles. The standard InChI is InChI=1S/C22H27NO2S/c24-22(25)20-13-7-14-23(17-20)15-8-16-26-21(18-9-3-1-4-10-18)19-11-5-2-6-12-19/h1-6,9-12,20-21H,7-8,13-17H2,(H,24,25)/t20-/m1/s1. The van der Waals surface area contributed by atoms with Crippen molar-refractivity contribution >= 4 is 17.7 Å². The van der Waals surface area contributed by atoms with Crippen molar-refractivity contribution in [3.05, 3.63) is 71.8 Å². The largest absolute Gasteiger partial charge is 0.481 e. The number of aliphatic carboxylic acids is 1. The summed E-state index contributed by atoms with van der Waals surface area (Å²) < 4.78 is 0. The quantitative estimate of drug-likeness (QED) is 0.685. The summed E-state index contributed by atoms with van der Waals surface area (Å²) in [6.45, 7) is 2.74. The molecule has 0 amide bonds. The van der Waals surface area contributed by atoms with Crippen LogP contribution in [-0.2, 0) is 4.79 Å². The highest BCUT2D eigenvalue weighted by Crippen LogP contribution is 2.35. The second-order valence-corrected chi connectivity index (χ2v) is 8.12. The van der Waals surface area contributed by atoms with E-state index in [4.69, 9.17) is 0 Å². The Morgan fingerprint density at radius 2 is 1.69 bits per heavy atom. The molecule has 0 bridgehead atoms. The third-order valence-electron chi connectivity index (χ3n) is 4.96. The highest BCUT2D eigenvalue weighted by molar-refractivity contribution is 7.99. The molecule has 1 N–H and O–H groups in total. The molecule has 1 heterocycles. The van der Waals surface area contributed by atoms with E-state index in [1.54, 1.807) is 0 Å². The lowest BCUT2D eigenvalue weighted by atomic mass is 9.98. The lowest BCUT2D eigenvalue weighted by molar-refractivity contribution is -0.143. The Labute approximate surface area is 160 Å². The minimum absolute atomic E-state index is 0.183. The number of carboxylic acids is 1. The Hall–Kier alpha value is -1.78. The average Bonchev–Trinajstić information content (AvgIpc) is 2.69. The first kappa shape index (κ1) is 19.0. The zero-order valence-corrected chi connectivity index (χ0v) is 15.9. The van der Waals surface area contributed by atoms with Crippen molar-refractivity contribution in [1.82, 2.24) is 4.90 Å². The molecule has 0 spiro atoms. The van der Waals surface area contributed by atoms with E-state index in [9.17, 15) is 9.90 Å². The summed E-state index contributed by atoms with van der Waals surface area (Å²) in [4.78, 5) is 13.5. The van der Waals surface area contributed by atoms with Gasteiger partial charge in [-0.05, 0) is 49.2 Å². The van der Waals surface area contributed by atoms with Gasteiger partial charge in [0.15, 0.2) is 0 Å². The van der Waals surface area contributed by atoms with Crippen molar-refractivity contribution in [2.24, 2.45) is 5.92 Å². The van der Waals surface area contributed by atoms with Gasteiger partial charge in [0.1, 0.15) is 0 Å². The van der Waals surface area contributed by atoms with Crippen LogP contribution >= 0.6 is 11.8 Å². The molecule has 138 valence electrons. The van der Waals surface area contributed by atoms with Crippen molar-refractivity contribution < 1.29 is 9.90 Å². The van der Waals surface area contributed by atoms with Gasteiger partial charge >= 0.3 is 5.97 Å². The van der Waals surface area contributed by atoms with Crippen LogP contribution in [0.4, 0.5) is 0 Å². The summed E-state index contributed by atoms with van der Waals surface area (Å²) in [6, 6.07) is 21.3. The topological polar surface area (TPSA) is 40.5 Å². The molecule has 4 heteroatoms. The number of rotatable bonds is 8. The molecular weight excluding hydrogens is 342 g/mol. The number of hydrogen-bond donors (Lipinski definition) is 1. The zero-order valence-electron chi connectivity index (χ0n) is 15.1. The average molecular weight is 370 g/mol. The van der Waals surface area contributed by atoms with Gasteiger partial charge in [0.2, 0.25) is 0 Å². The Balaban J connectivity index is 1.53. The van der Waals surface area contributed by atoms with Gasteiger partial charge in [-0.1, -0.05) is 60.7 Å². The molecule has 1 saturated heterocycles. The van der Waals surface area contributed by atoms with E-state index in [0.29, 0.717) is 11.8 Å². The molecule has 1 atom stereocenters. The smallest absolute Gasteiger partial charge is 0.307 e. The molecule has 0 unspecified atom stereocenters. The van der Waals surface area contributed by atoms with E-state index in [0.717, 1.165) is 38.1 Å². The first-order valence-corrected chi connectivity index (χ1v) is 10.5. The number of nitrogens with zero attached hydrogens (tertiary/aromatic N) is 1. The summed E-state index contributed by atoms with van der Waals surface area (Å²) in [6.07, 6.45) is 2.92. The first-order chi connectivity index (χ1) is 12.7. The van der Waals surface area contributed by atoms with Crippen LogP contribution in [0.2, 0.25) is 0 Å². The van der Waals surface area contributed by atoms with Crippen molar-refractivity contribution in [3.8, 4) is 0 Å². The zero-order chi connectivity index (χ0) is 18.2. The first-order valence-electron chi connectivity index (χ1n) is 9.40. The van der Waals surface area contributed by atoms with Crippen LogP contribution in [0.5, 0.6) is 0 Å². The highest BCUT2D eigenvalue weighted by atomic mass is 32.2. The molecule has 1 aliphatic rings. The van der Waals surface area contributed by atoms with Gasteiger partial charge in [0, 0.05) is 6.54 Å². The number of piperidine rings is 1. The normalized spacial score (nSPS) is 18.1. The van der Waals surface area contributed by atoms with Crippen LogP contribution in [0.3, 0.4) is 0 Å². The molecule has 0 radical (unpaired) electrons. The number of hydrogen-bond acceptors (Lipinski definition) is 3. The van der Waals surface area contributed by atoms with Gasteiger partial charge in [0.25, 0.3) is 0 Å². The van der Waals surface area contributed by atoms with E-state index in [-0.39, 0.29) is 5.92 Å². The molecule has 26 heavy (non-hydrogen) atoms. The third kappa shape index (κ3) is 5.36. The van der Waals surface area contributed by atoms with E-state index >= 15 is 0 Å². The van der Waals surface area contributed by atoms with Crippen LogP contribution in [0.1, 0.15) is 35.6 Å². The fraction of sp³-hybridized carbons (Fsp3) is 0.409. The molecule has 0 aromatic heterocycles. The van der Waals surface area contributed by atoms with Crippen LogP contribution < -0.4 is 0 Å². The molecule has 0 aliphatic carbocycles. The van der Waals surface area contributed by atoms with E-state index in [1.807, 2.05) is 11.8 Å². The van der Waals surface area contributed by atoms with E-state index in [2.05, 4.69) is 65.6 Å². The maximum atomic E-state index is 11.2. The Morgan fingerprint density at radius 1 is 1.08 bits per heavy atom. The van der Waals surface area contributed by atoms with Crippen molar-refractivity contribution in [3.63, 3.8) is 0 Å². The van der Waals surface area contributed by atoms with Gasteiger partial charge in [-0.3, -0.25) is 4.79 Å². The summed E-state index contributed by atoms with van der Waals surface area (Å²) in [5, 5.41) is 9.57. The molecule has 1 aliphatic heterocycles. The van der Waals surface area contributed by atoms with E-state index in [1.165, 1.54) is 11.1 Å². The minimum atomic E-state index is -0.641. The lowest BCUT2D eigenvalue weighted by Crippen LogP contribution is -2.39. The predicted octanol–water partition coefficient (Wildman–Crippen LogP) is 4.70. The summed E-state index contributed by atoms with van der Waals surface area (Å²) in [5.41, 5.74) is 2.68. The second-order valence-electron chi connectivity index (χ2n) is 6.90. The van der Waals surface area contributed by atoms with Gasteiger partial charge in [-0.25, -0.2) is 0 Å². The van der Waals surface area contributed by atoms with Crippen molar-refractivity contribution in [2.45, 2.75) is 24.5 Å². The molecular formula is C22H27NO2S.